The Hall–Kier alpha value is -2.66. The summed E-state index contributed by atoms with van der Waals surface area (Å²) in [5, 5.41) is 11.2. The highest BCUT2D eigenvalue weighted by Gasteiger charge is 2.32. The van der Waals surface area contributed by atoms with Crippen molar-refractivity contribution < 1.29 is 22.4 Å². The van der Waals surface area contributed by atoms with Crippen molar-refractivity contribution in [1.82, 2.24) is 14.5 Å². The normalized spacial score (nSPS) is 15.4. The number of amides is 1. The van der Waals surface area contributed by atoms with Crippen LogP contribution < -0.4 is 10.1 Å². The van der Waals surface area contributed by atoms with E-state index in [0.717, 1.165) is 0 Å². The predicted molar refractivity (Wildman–Crippen MR) is 123 cm³/mol. The van der Waals surface area contributed by atoms with Crippen molar-refractivity contribution in [2.45, 2.75) is 17.7 Å². The molecule has 2 heterocycles. The fourth-order valence-electron chi connectivity index (χ4n) is 3.51. The second kappa shape index (κ2) is 9.68. The lowest BCUT2D eigenvalue weighted by Crippen LogP contribution is -2.41. The number of halogens is 2. The third-order valence-corrected chi connectivity index (χ3v) is 7.81. The Labute approximate surface area is 200 Å². The molecule has 9 nitrogen and oxygen atoms in total. The molecular weight excluding hydrogens is 491 g/mol. The predicted octanol–water partition coefficient (Wildman–Crippen LogP) is 4.09. The number of benzene rings is 2. The van der Waals surface area contributed by atoms with E-state index >= 15 is 0 Å². The molecule has 1 fully saturated rings. The topological polar surface area (TPSA) is 115 Å². The highest BCUT2D eigenvalue weighted by molar-refractivity contribution is 7.89. The number of nitrogens with zero attached hydrogens (tertiary/aromatic N) is 3. The first-order valence-electron chi connectivity index (χ1n) is 10.0. The van der Waals surface area contributed by atoms with Crippen LogP contribution in [0.15, 0.2) is 51.8 Å². The Morgan fingerprint density at radius 2 is 1.82 bits per heavy atom. The summed E-state index contributed by atoms with van der Waals surface area (Å²) in [6.45, 7) is 0.444. The maximum Gasteiger partial charge on any atom is 0.322 e. The Morgan fingerprint density at radius 3 is 2.48 bits per heavy atom. The number of hydrogen-bond acceptors (Lipinski definition) is 7. The van der Waals surface area contributed by atoms with E-state index in [-0.39, 0.29) is 35.8 Å². The standard InChI is InChI=1S/C21H20Cl2N4O5S/c1-31-15-3-5-16(6-4-15)33(29,30)27-10-8-13(9-11-27)19(28)24-21-26-25-20(32-21)17-12-14(22)2-7-18(17)23/h2-7,12-13H,8-11H2,1H3,(H,24,26,28). The van der Waals surface area contributed by atoms with Crippen molar-refractivity contribution in [3.05, 3.63) is 52.5 Å². The van der Waals surface area contributed by atoms with Crippen LogP contribution in [-0.4, -0.2) is 49.0 Å². The first-order valence-corrected chi connectivity index (χ1v) is 12.2. The first-order chi connectivity index (χ1) is 15.8. The molecular formula is C21H20Cl2N4O5S. The van der Waals surface area contributed by atoms with Gasteiger partial charge in [-0.1, -0.05) is 28.3 Å². The number of carbonyl (C=O) groups excluding carboxylic acids is 1. The van der Waals surface area contributed by atoms with Gasteiger partial charge in [0.05, 0.1) is 22.6 Å². The second-order valence-corrected chi connectivity index (χ2v) is 10.2. The third kappa shape index (κ3) is 5.14. The van der Waals surface area contributed by atoms with E-state index in [4.69, 9.17) is 32.4 Å². The van der Waals surface area contributed by atoms with Crippen molar-refractivity contribution >= 4 is 45.1 Å². The number of carbonyl (C=O) groups is 1. The Bertz CT molecular complexity index is 1260. The van der Waals surface area contributed by atoms with E-state index in [1.54, 1.807) is 30.3 Å². The molecule has 1 aliphatic rings. The number of anilines is 1. The minimum atomic E-state index is -3.65. The lowest BCUT2D eigenvalue weighted by Gasteiger charge is -2.30. The van der Waals surface area contributed by atoms with Gasteiger partial charge in [-0.25, -0.2) is 8.42 Å². The Balaban J connectivity index is 1.37. The molecule has 0 radical (unpaired) electrons. The number of rotatable bonds is 6. The lowest BCUT2D eigenvalue weighted by molar-refractivity contribution is -0.121. The molecule has 12 heteroatoms. The van der Waals surface area contributed by atoms with Gasteiger partial charge >= 0.3 is 6.01 Å². The van der Waals surface area contributed by atoms with Crippen LogP contribution >= 0.6 is 23.2 Å². The summed E-state index contributed by atoms with van der Waals surface area (Å²) < 4.78 is 37.7. The zero-order chi connectivity index (χ0) is 23.6. The number of hydrogen-bond donors (Lipinski definition) is 1. The van der Waals surface area contributed by atoms with Crippen LogP contribution in [0.25, 0.3) is 11.5 Å². The average molecular weight is 511 g/mol. The first kappa shape index (κ1) is 23.5. The fourth-order valence-corrected chi connectivity index (χ4v) is 5.35. The summed E-state index contributed by atoms with van der Waals surface area (Å²) in [6.07, 6.45) is 0.727. The van der Waals surface area contributed by atoms with Gasteiger partial charge < -0.3 is 9.15 Å². The quantitative estimate of drug-likeness (QED) is 0.530. The lowest BCUT2D eigenvalue weighted by atomic mass is 9.97. The molecule has 1 aliphatic heterocycles. The molecule has 2 aromatic carbocycles. The highest BCUT2D eigenvalue weighted by atomic mass is 35.5. The van der Waals surface area contributed by atoms with Gasteiger partial charge in [-0.2, -0.15) is 4.31 Å². The van der Waals surface area contributed by atoms with Crippen molar-refractivity contribution in [2.75, 3.05) is 25.5 Å². The molecule has 1 N–H and O–H groups in total. The molecule has 174 valence electrons. The zero-order valence-electron chi connectivity index (χ0n) is 17.5. The summed E-state index contributed by atoms with van der Waals surface area (Å²) in [7, 11) is -2.13. The van der Waals surface area contributed by atoms with E-state index in [2.05, 4.69) is 15.5 Å². The van der Waals surface area contributed by atoms with Crippen LogP contribution in [0.2, 0.25) is 10.0 Å². The molecule has 0 unspecified atom stereocenters. The van der Waals surface area contributed by atoms with Gasteiger partial charge in [-0.3, -0.25) is 10.1 Å². The summed E-state index contributed by atoms with van der Waals surface area (Å²) in [4.78, 5) is 12.8. The molecule has 1 amide bonds. The number of ether oxygens (including phenoxy) is 1. The highest BCUT2D eigenvalue weighted by Crippen LogP contribution is 2.31. The smallest absolute Gasteiger partial charge is 0.322 e. The van der Waals surface area contributed by atoms with Gasteiger partial charge in [-0.05, 0) is 55.3 Å². The van der Waals surface area contributed by atoms with Crippen LogP contribution in [0.1, 0.15) is 12.8 Å². The van der Waals surface area contributed by atoms with Gasteiger partial charge in [0.2, 0.25) is 15.9 Å². The molecule has 33 heavy (non-hydrogen) atoms. The van der Waals surface area contributed by atoms with E-state index in [0.29, 0.717) is 34.2 Å². The molecule has 4 rings (SSSR count). The van der Waals surface area contributed by atoms with Crippen molar-refractivity contribution in [1.29, 1.82) is 0 Å². The molecule has 0 bridgehead atoms. The van der Waals surface area contributed by atoms with Crippen molar-refractivity contribution in [3.8, 4) is 17.2 Å². The minimum Gasteiger partial charge on any atom is -0.497 e. The number of methoxy groups -OCH3 is 1. The fraction of sp³-hybridized carbons (Fsp3) is 0.286. The third-order valence-electron chi connectivity index (χ3n) is 5.34. The van der Waals surface area contributed by atoms with Gasteiger partial charge in [0, 0.05) is 24.0 Å². The number of aromatic nitrogens is 2. The van der Waals surface area contributed by atoms with Crippen LogP contribution in [0.4, 0.5) is 6.01 Å². The SMILES string of the molecule is COc1ccc(S(=O)(=O)N2CCC(C(=O)Nc3nnc(-c4cc(Cl)ccc4Cl)o3)CC2)cc1. The van der Waals surface area contributed by atoms with Gasteiger partial charge in [0.25, 0.3) is 5.89 Å². The summed E-state index contributed by atoms with van der Waals surface area (Å²) in [5.41, 5.74) is 0.453. The maximum absolute atomic E-state index is 12.9. The molecule has 0 aliphatic carbocycles. The average Bonchev–Trinajstić information content (AvgIpc) is 3.29. The number of nitrogens with one attached hydrogen (secondary N) is 1. The largest absolute Gasteiger partial charge is 0.497 e. The second-order valence-electron chi connectivity index (χ2n) is 7.38. The molecule has 1 saturated heterocycles. The number of piperidine rings is 1. The van der Waals surface area contributed by atoms with Crippen molar-refractivity contribution in [2.24, 2.45) is 5.92 Å². The van der Waals surface area contributed by atoms with Crippen molar-refractivity contribution in [3.63, 3.8) is 0 Å². The molecule has 3 aromatic rings. The zero-order valence-corrected chi connectivity index (χ0v) is 19.8. The maximum atomic E-state index is 12.9. The van der Waals surface area contributed by atoms with E-state index < -0.39 is 15.9 Å². The monoisotopic (exact) mass is 510 g/mol. The summed E-state index contributed by atoms with van der Waals surface area (Å²) in [5.74, 6) is -0.00865. The minimum absolute atomic E-state index is 0.0701. The number of sulfonamides is 1. The van der Waals surface area contributed by atoms with Crippen LogP contribution in [-0.2, 0) is 14.8 Å². The van der Waals surface area contributed by atoms with E-state index in [9.17, 15) is 13.2 Å². The van der Waals surface area contributed by atoms with Crippen LogP contribution in [0.5, 0.6) is 5.75 Å². The van der Waals surface area contributed by atoms with Crippen LogP contribution in [0, 0.1) is 5.92 Å². The van der Waals surface area contributed by atoms with E-state index in [1.807, 2.05) is 0 Å². The summed E-state index contributed by atoms with van der Waals surface area (Å²) in [6, 6.07) is 11.0. The van der Waals surface area contributed by atoms with Crippen LogP contribution in [0.3, 0.4) is 0 Å². The molecule has 0 spiro atoms. The van der Waals surface area contributed by atoms with Gasteiger partial charge in [-0.15, -0.1) is 5.10 Å². The Morgan fingerprint density at radius 1 is 1.12 bits per heavy atom. The van der Waals surface area contributed by atoms with Gasteiger partial charge in [0.1, 0.15) is 5.75 Å². The summed E-state index contributed by atoms with van der Waals surface area (Å²) >= 11 is 12.1. The molecule has 0 saturated carbocycles. The van der Waals surface area contributed by atoms with E-state index in [1.165, 1.54) is 23.5 Å². The molecule has 1 aromatic heterocycles. The Kier molecular flexibility index (Phi) is 6.89. The molecule has 0 atom stereocenters. The van der Waals surface area contributed by atoms with Gasteiger partial charge in [0.15, 0.2) is 0 Å².